The molecule has 202 valence electrons. The Labute approximate surface area is 238 Å². The molecule has 0 bridgehead atoms. The summed E-state index contributed by atoms with van der Waals surface area (Å²) in [4.78, 5) is 23.6. The van der Waals surface area contributed by atoms with E-state index in [1.807, 2.05) is 62.4 Å². The molecule has 0 radical (unpaired) electrons. The van der Waals surface area contributed by atoms with E-state index in [0.29, 0.717) is 28.0 Å². The zero-order valence-electron chi connectivity index (χ0n) is 22.0. The van der Waals surface area contributed by atoms with Crippen LogP contribution in [0.2, 0.25) is 10.0 Å². The van der Waals surface area contributed by atoms with E-state index in [2.05, 4.69) is 29.1 Å². The van der Waals surface area contributed by atoms with Crippen molar-refractivity contribution in [1.29, 1.82) is 0 Å². The monoisotopic (exact) mass is 573 g/mol. The molecule has 38 heavy (non-hydrogen) atoms. The van der Waals surface area contributed by atoms with Crippen molar-refractivity contribution < 1.29 is 9.53 Å². The fraction of sp³-hybridized carbons (Fsp3) is 0.345. The lowest BCUT2D eigenvalue weighted by atomic mass is 9.84. The Morgan fingerprint density at radius 2 is 1.58 bits per heavy atom. The van der Waals surface area contributed by atoms with Gasteiger partial charge in [0.05, 0.1) is 22.2 Å². The number of carbonyl (C=O) groups excluding carboxylic acids is 1. The van der Waals surface area contributed by atoms with Gasteiger partial charge in [0.15, 0.2) is 0 Å². The maximum Gasteiger partial charge on any atom is 0.315 e. The molecule has 3 rings (SSSR count). The Balaban J connectivity index is 1.70. The van der Waals surface area contributed by atoms with Gasteiger partial charge in [0, 0.05) is 39.0 Å². The summed E-state index contributed by atoms with van der Waals surface area (Å²) in [6, 6.07) is 20.3. The summed E-state index contributed by atoms with van der Waals surface area (Å²) in [6.45, 7) is 8.85. The largest absolute Gasteiger partial charge is 0.426 e. The Morgan fingerprint density at radius 1 is 0.947 bits per heavy atom. The van der Waals surface area contributed by atoms with E-state index in [-0.39, 0.29) is 22.7 Å². The second kappa shape index (κ2) is 13.5. The van der Waals surface area contributed by atoms with Crippen molar-refractivity contribution in [2.45, 2.75) is 57.2 Å². The van der Waals surface area contributed by atoms with Crippen molar-refractivity contribution in [1.82, 2.24) is 5.32 Å². The van der Waals surface area contributed by atoms with E-state index in [9.17, 15) is 9.70 Å². The number of benzene rings is 3. The molecule has 2 N–H and O–H groups in total. The van der Waals surface area contributed by atoms with Crippen molar-refractivity contribution in [3.05, 3.63) is 92.8 Å². The molecule has 0 unspecified atom stereocenters. The minimum atomic E-state index is -0.382. The third-order valence-corrected chi connectivity index (χ3v) is 7.90. The fourth-order valence-electron chi connectivity index (χ4n) is 4.24. The van der Waals surface area contributed by atoms with E-state index in [1.54, 1.807) is 18.2 Å². The second-order valence-corrected chi connectivity index (χ2v) is 11.9. The summed E-state index contributed by atoms with van der Waals surface area (Å²) in [5.74, 6) is 0.0910. The molecule has 0 heterocycles. The van der Waals surface area contributed by atoms with Crippen molar-refractivity contribution in [2.75, 3.05) is 11.9 Å². The van der Waals surface area contributed by atoms with Crippen molar-refractivity contribution in [3.8, 4) is 5.75 Å². The first-order chi connectivity index (χ1) is 18.1. The molecule has 0 aliphatic carbocycles. The van der Waals surface area contributed by atoms with Crippen LogP contribution in [0.1, 0.15) is 51.7 Å². The molecular weight excluding hydrogens is 541 g/mol. The number of ether oxygens (including phenoxy) is 1. The molecule has 0 atom stereocenters. The first kappa shape index (κ1) is 30.0. The average molecular weight is 575 g/mol. The highest BCUT2D eigenvalue weighted by Crippen LogP contribution is 2.35. The lowest BCUT2D eigenvalue weighted by Crippen LogP contribution is -2.46. The van der Waals surface area contributed by atoms with Gasteiger partial charge in [-0.1, -0.05) is 73.4 Å². The maximum absolute atomic E-state index is 12.8. The summed E-state index contributed by atoms with van der Waals surface area (Å²) in [7, 11) is 0. The number of nitrogens with one attached hydrogen (secondary N) is 2. The molecule has 0 aliphatic rings. The van der Waals surface area contributed by atoms with E-state index in [0.717, 1.165) is 41.6 Å². The van der Waals surface area contributed by atoms with Crippen LogP contribution < -0.4 is 15.4 Å². The lowest BCUT2D eigenvalue weighted by molar-refractivity contribution is -0.133. The molecule has 0 aromatic heterocycles. The molecular formula is C29H33Cl2N3O3S. The summed E-state index contributed by atoms with van der Waals surface area (Å²) >= 11 is 13.6. The van der Waals surface area contributed by atoms with Crippen LogP contribution in [-0.2, 0) is 16.8 Å². The number of hydrogen-bond donors (Lipinski definition) is 2. The van der Waals surface area contributed by atoms with Gasteiger partial charge in [0.25, 0.3) is 0 Å². The number of nitrogens with zero attached hydrogens (tertiary/aromatic N) is 1. The first-order valence-corrected chi connectivity index (χ1v) is 14.0. The van der Waals surface area contributed by atoms with Crippen LogP contribution in [0.15, 0.2) is 71.3 Å². The molecule has 6 nitrogen and oxygen atoms in total. The summed E-state index contributed by atoms with van der Waals surface area (Å²) < 4.78 is 8.34. The summed E-state index contributed by atoms with van der Waals surface area (Å²) in [6.07, 6.45) is 1.79. The number of rotatable bonds is 13. The van der Waals surface area contributed by atoms with Crippen molar-refractivity contribution in [2.24, 2.45) is 4.58 Å². The summed E-state index contributed by atoms with van der Waals surface area (Å²) in [5.41, 5.74) is 2.89. The lowest BCUT2D eigenvalue weighted by Gasteiger charge is -2.36. The number of hydrogen-bond acceptors (Lipinski definition) is 7. The fourth-order valence-corrected chi connectivity index (χ4v) is 5.07. The highest BCUT2D eigenvalue weighted by atomic mass is 35.5. The molecule has 3 aromatic rings. The number of anilines is 2. The smallest absolute Gasteiger partial charge is 0.315 e. The van der Waals surface area contributed by atoms with Crippen LogP contribution in [0.4, 0.5) is 11.4 Å². The first-order valence-electron chi connectivity index (χ1n) is 12.5. The molecule has 9 heteroatoms. The zero-order valence-corrected chi connectivity index (χ0v) is 24.3. The third-order valence-electron chi connectivity index (χ3n) is 6.56. The van der Waals surface area contributed by atoms with Crippen LogP contribution in [0.5, 0.6) is 5.75 Å². The Morgan fingerprint density at radius 3 is 2.18 bits per heavy atom. The van der Waals surface area contributed by atoms with Crippen LogP contribution in [0, 0.1) is 4.91 Å². The minimum Gasteiger partial charge on any atom is -0.426 e. The van der Waals surface area contributed by atoms with Gasteiger partial charge in [0.1, 0.15) is 5.75 Å². The standard InChI is InChI=1S/C29H33Cl2N3O3S/c1-5-29(6-2,32-19-28(3,4)38-34-36)21-14-16-22(17-15-21)37-26(35)18-20-10-7-8-13-25(20)33-27-23(30)11-9-12-24(27)31/h7-17,32-33H,5-6,18-19H2,1-4H3. The van der Waals surface area contributed by atoms with Crippen molar-refractivity contribution in [3.63, 3.8) is 0 Å². The van der Waals surface area contributed by atoms with Gasteiger partial charge in [-0.3, -0.25) is 4.79 Å². The zero-order chi connectivity index (χ0) is 27.8. The topological polar surface area (TPSA) is 79.8 Å². The predicted molar refractivity (Wildman–Crippen MR) is 160 cm³/mol. The SMILES string of the molecule is CCC(CC)(NCC(C)(C)SN=O)c1ccc(OC(=O)Cc2ccccc2Nc2c(Cl)cccc2Cl)cc1. The number of para-hydroxylation sites is 2. The van der Waals surface area contributed by atoms with Gasteiger partial charge in [-0.2, -0.15) is 0 Å². The highest BCUT2D eigenvalue weighted by Gasteiger charge is 2.31. The van der Waals surface area contributed by atoms with Gasteiger partial charge in [-0.05, 0) is 68.1 Å². The molecule has 0 aliphatic heterocycles. The maximum atomic E-state index is 12.8. The third kappa shape index (κ3) is 7.73. The number of halogens is 2. The van der Waals surface area contributed by atoms with E-state index in [4.69, 9.17) is 27.9 Å². The number of esters is 1. The number of carbonyl (C=O) groups is 1. The predicted octanol–water partition coefficient (Wildman–Crippen LogP) is 8.68. The highest BCUT2D eigenvalue weighted by molar-refractivity contribution is 7.99. The Kier molecular flexibility index (Phi) is 10.6. The normalized spacial score (nSPS) is 11.7. The molecule has 0 saturated heterocycles. The van der Waals surface area contributed by atoms with Crippen LogP contribution >= 0.6 is 35.1 Å². The molecule has 3 aromatic carbocycles. The molecule has 0 spiro atoms. The minimum absolute atomic E-state index is 0.0694. The molecule has 0 saturated carbocycles. The Bertz CT molecular complexity index is 1230. The second-order valence-electron chi connectivity index (χ2n) is 9.62. The van der Waals surface area contributed by atoms with Gasteiger partial charge >= 0.3 is 5.97 Å². The van der Waals surface area contributed by atoms with Crippen LogP contribution in [-0.4, -0.2) is 17.3 Å². The van der Waals surface area contributed by atoms with Crippen molar-refractivity contribution >= 4 is 52.5 Å². The quantitative estimate of drug-likeness (QED) is 0.0920. The molecule has 0 fully saturated rings. The van der Waals surface area contributed by atoms with E-state index < -0.39 is 0 Å². The van der Waals surface area contributed by atoms with Crippen LogP contribution in [0.25, 0.3) is 0 Å². The van der Waals surface area contributed by atoms with Gasteiger partial charge < -0.3 is 15.4 Å². The number of nitroso groups, excluding NO2 is 1. The average Bonchev–Trinajstić information content (AvgIpc) is 2.89. The van der Waals surface area contributed by atoms with Crippen LogP contribution in [0.3, 0.4) is 0 Å². The molecule has 0 amide bonds. The Hall–Kier alpha value is -2.58. The van der Waals surface area contributed by atoms with E-state index in [1.165, 1.54) is 0 Å². The summed E-state index contributed by atoms with van der Waals surface area (Å²) in [5, 5.41) is 7.87. The van der Waals surface area contributed by atoms with Gasteiger partial charge in [0.2, 0.25) is 0 Å². The van der Waals surface area contributed by atoms with E-state index >= 15 is 0 Å². The van der Waals surface area contributed by atoms with Gasteiger partial charge in [-0.25, -0.2) is 0 Å². The van der Waals surface area contributed by atoms with Gasteiger partial charge in [-0.15, -0.1) is 4.91 Å².